The van der Waals surface area contributed by atoms with Gasteiger partial charge in [0.15, 0.2) is 11.3 Å². The summed E-state index contributed by atoms with van der Waals surface area (Å²) in [6.07, 6.45) is 2.41. The van der Waals surface area contributed by atoms with Crippen LogP contribution in [0.1, 0.15) is 18.1 Å². The monoisotopic (exact) mass is 274 g/mol. The molecule has 4 heteroatoms. The molecule has 1 aliphatic rings. The first-order chi connectivity index (χ1) is 9.58. The van der Waals surface area contributed by atoms with E-state index in [9.17, 15) is 0 Å². The topological polar surface area (TPSA) is 40.8 Å². The summed E-state index contributed by atoms with van der Waals surface area (Å²) < 4.78 is 22.7. The summed E-state index contributed by atoms with van der Waals surface area (Å²) in [5, 5.41) is 0.953. The van der Waals surface area contributed by atoms with E-state index >= 15 is 0 Å². The molecule has 4 nitrogen and oxygen atoms in total. The average molecular weight is 274 g/mol. The molecule has 3 rings (SSSR count). The third kappa shape index (κ3) is 1.60. The second-order valence-corrected chi connectivity index (χ2v) is 5.15. The Morgan fingerprint density at radius 1 is 1.30 bits per heavy atom. The van der Waals surface area contributed by atoms with Crippen LogP contribution in [0.4, 0.5) is 0 Å². The zero-order chi connectivity index (χ0) is 14.4. The van der Waals surface area contributed by atoms with Crippen LogP contribution in [-0.4, -0.2) is 20.3 Å². The fourth-order valence-corrected chi connectivity index (χ4v) is 2.75. The number of fused-ring (bicyclic) bond motifs is 2. The number of aryl methyl sites for hydroxylation is 1. The van der Waals surface area contributed by atoms with E-state index in [-0.39, 0.29) is 6.10 Å². The second kappa shape index (κ2) is 4.47. The molecule has 106 valence electrons. The van der Waals surface area contributed by atoms with E-state index in [2.05, 4.69) is 6.58 Å². The summed E-state index contributed by atoms with van der Waals surface area (Å²) in [6.45, 7) is 7.93. The van der Waals surface area contributed by atoms with E-state index in [0.29, 0.717) is 17.1 Å². The lowest BCUT2D eigenvalue weighted by molar-refractivity contribution is 0.258. The lowest BCUT2D eigenvalue weighted by Crippen LogP contribution is -2.13. The first-order valence-electron chi connectivity index (χ1n) is 6.55. The number of furan rings is 1. The van der Waals surface area contributed by atoms with Gasteiger partial charge in [0.25, 0.3) is 0 Å². The third-order valence-corrected chi connectivity index (χ3v) is 3.77. The number of hydrogen-bond acceptors (Lipinski definition) is 4. The number of methoxy groups -OCH3 is 2. The van der Waals surface area contributed by atoms with Gasteiger partial charge in [0.1, 0.15) is 11.9 Å². The van der Waals surface area contributed by atoms with Gasteiger partial charge in [-0.25, -0.2) is 0 Å². The van der Waals surface area contributed by atoms with Gasteiger partial charge in [-0.3, -0.25) is 0 Å². The SMILES string of the molecule is C=C(C)[C@@H]1Cc2c(c(OC)c3occ(C)c3c2OC)O1. The van der Waals surface area contributed by atoms with E-state index in [4.69, 9.17) is 18.6 Å². The molecule has 0 spiro atoms. The van der Waals surface area contributed by atoms with E-state index < -0.39 is 0 Å². The minimum atomic E-state index is -0.0420. The lowest BCUT2D eigenvalue weighted by Gasteiger charge is -2.13. The Hall–Kier alpha value is -2.10. The summed E-state index contributed by atoms with van der Waals surface area (Å²) >= 11 is 0. The van der Waals surface area contributed by atoms with E-state index in [1.54, 1.807) is 20.5 Å². The number of benzene rings is 1. The van der Waals surface area contributed by atoms with Gasteiger partial charge in [-0.15, -0.1) is 0 Å². The van der Waals surface area contributed by atoms with Crippen molar-refractivity contribution < 1.29 is 18.6 Å². The quantitative estimate of drug-likeness (QED) is 0.801. The highest BCUT2D eigenvalue weighted by Gasteiger charge is 2.34. The summed E-state index contributed by atoms with van der Waals surface area (Å²) in [4.78, 5) is 0. The summed E-state index contributed by atoms with van der Waals surface area (Å²) in [5.41, 5.74) is 3.70. The maximum Gasteiger partial charge on any atom is 0.205 e. The van der Waals surface area contributed by atoms with Crippen molar-refractivity contribution in [3.8, 4) is 17.2 Å². The lowest BCUT2D eigenvalue weighted by atomic mass is 10.0. The molecule has 20 heavy (non-hydrogen) atoms. The molecule has 0 N–H and O–H groups in total. The third-order valence-electron chi connectivity index (χ3n) is 3.77. The largest absolute Gasteiger partial charge is 0.496 e. The molecule has 1 aromatic heterocycles. The number of hydrogen-bond donors (Lipinski definition) is 0. The molecule has 0 saturated carbocycles. The molecule has 0 radical (unpaired) electrons. The Morgan fingerprint density at radius 2 is 2.00 bits per heavy atom. The Kier molecular flexibility index (Phi) is 2.89. The molecular weight excluding hydrogens is 256 g/mol. The van der Waals surface area contributed by atoms with Gasteiger partial charge in [0.05, 0.1) is 25.9 Å². The number of rotatable bonds is 3. The van der Waals surface area contributed by atoms with Crippen molar-refractivity contribution in [3.05, 3.63) is 29.5 Å². The van der Waals surface area contributed by atoms with Crippen LogP contribution in [0.25, 0.3) is 11.0 Å². The van der Waals surface area contributed by atoms with Crippen molar-refractivity contribution in [2.75, 3.05) is 14.2 Å². The summed E-state index contributed by atoms with van der Waals surface area (Å²) in [5.74, 6) is 2.15. The molecule has 1 atom stereocenters. The summed E-state index contributed by atoms with van der Waals surface area (Å²) in [6, 6.07) is 0. The van der Waals surface area contributed by atoms with Crippen LogP contribution in [0.15, 0.2) is 22.8 Å². The van der Waals surface area contributed by atoms with Crippen molar-refractivity contribution >= 4 is 11.0 Å². The maximum atomic E-state index is 5.99. The predicted octanol–water partition coefficient (Wildman–Crippen LogP) is 3.64. The van der Waals surface area contributed by atoms with Gasteiger partial charge in [-0.2, -0.15) is 0 Å². The van der Waals surface area contributed by atoms with E-state index in [0.717, 1.165) is 34.3 Å². The van der Waals surface area contributed by atoms with E-state index in [1.165, 1.54) is 0 Å². The Bertz CT molecular complexity index is 696. The smallest absolute Gasteiger partial charge is 0.205 e. The Morgan fingerprint density at radius 3 is 2.60 bits per heavy atom. The van der Waals surface area contributed by atoms with Gasteiger partial charge >= 0.3 is 0 Å². The normalized spacial score (nSPS) is 16.9. The van der Waals surface area contributed by atoms with Gasteiger partial charge in [-0.1, -0.05) is 6.58 Å². The van der Waals surface area contributed by atoms with Crippen molar-refractivity contribution in [2.45, 2.75) is 26.4 Å². The van der Waals surface area contributed by atoms with Crippen LogP contribution in [0, 0.1) is 6.92 Å². The minimum absolute atomic E-state index is 0.0420. The van der Waals surface area contributed by atoms with Crippen LogP contribution in [0.2, 0.25) is 0 Å². The van der Waals surface area contributed by atoms with Crippen LogP contribution >= 0.6 is 0 Å². The molecular formula is C16H18O4. The molecule has 1 aromatic carbocycles. The van der Waals surface area contributed by atoms with Gasteiger partial charge < -0.3 is 18.6 Å². The average Bonchev–Trinajstić information content (AvgIpc) is 3.01. The fourth-order valence-electron chi connectivity index (χ4n) is 2.75. The molecule has 0 fully saturated rings. The molecule has 0 aliphatic carbocycles. The van der Waals surface area contributed by atoms with Gasteiger partial charge in [0, 0.05) is 12.0 Å². The zero-order valence-electron chi connectivity index (χ0n) is 12.2. The minimum Gasteiger partial charge on any atom is -0.496 e. The standard InChI is InChI=1S/C16H18O4/c1-8(2)11-6-10-13(17-4)12-9(3)7-19-15(12)16(18-5)14(10)20-11/h7,11H,1,6H2,2-5H3/t11-/m0/s1. The van der Waals surface area contributed by atoms with Gasteiger partial charge in [0.2, 0.25) is 5.75 Å². The maximum absolute atomic E-state index is 5.99. The van der Waals surface area contributed by atoms with Crippen LogP contribution in [-0.2, 0) is 6.42 Å². The van der Waals surface area contributed by atoms with E-state index in [1.807, 2.05) is 13.8 Å². The Labute approximate surface area is 117 Å². The molecule has 0 saturated heterocycles. The van der Waals surface area contributed by atoms with Crippen LogP contribution in [0.5, 0.6) is 17.2 Å². The molecule has 1 aliphatic heterocycles. The molecule has 0 bridgehead atoms. The van der Waals surface area contributed by atoms with Crippen molar-refractivity contribution in [1.29, 1.82) is 0 Å². The molecule has 2 aromatic rings. The molecule has 2 heterocycles. The second-order valence-electron chi connectivity index (χ2n) is 5.15. The number of ether oxygens (including phenoxy) is 3. The highest BCUT2D eigenvalue weighted by molar-refractivity contribution is 5.96. The molecule has 0 amide bonds. The van der Waals surface area contributed by atoms with Crippen molar-refractivity contribution in [1.82, 2.24) is 0 Å². The van der Waals surface area contributed by atoms with Crippen molar-refractivity contribution in [2.24, 2.45) is 0 Å². The first kappa shape index (κ1) is 12.9. The van der Waals surface area contributed by atoms with Gasteiger partial charge in [-0.05, 0) is 25.0 Å². The summed E-state index contributed by atoms with van der Waals surface area (Å²) in [7, 11) is 3.29. The fraction of sp³-hybridized carbons (Fsp3) is 0.375. The van der Waals surface area contributed by atoms with Crippen molar-refractivity contribution in [3.63, 3.8) is 0 Å². The highest BCUT2D eigenvalue weighted by atomic mass is 16.5. The zero-order valence-corrected chi connectivity index (χ0v) is 12.2. The predicted molar refractivity (Wildman–Crippen MR) is 77.0 cm³/mol. The van der Waals surface area contributed by atoms with Crippen LogP contribution in [0.3, 0.4) is 0 Å². The highest BCUT2D eigenvalue weighted by Crippen LogP contribution is 2.51. The first-order valence-corrected chi connectivity index (χ1v) is 6.55. The Balaban J connectivity index is 2.33. The molecule has 0 unspecified atom stereocenters. The van der Waals surface area contributed by atoms with Crippen LogP contribution < -0.4 is 14.2 Å².